The standard InChI is InChI=1S/C2F6.C2H6O3S/c3-1(4,5)2(6,7)8;1-5-6(2,3)4/h;1-2H3. The molecule has 14 heavy (non-hydrogen) atoms. The fourth-order valence-corrected chi connectivity index (χ4v) is 0. The Labute approximate surface area is 75.8 Å². The third kappa shape index (κ3) is 9.58. The molecule has 0 heterocycles. The Bertz CT molecular complexity index is 237. The molecule has 0 aromatic heterocycles. The molecule has 0 aromatic carbocycles. The summed E-state index contributed by atoms with van der Waals surface area (Å²) in [6.45, 7) is 0. The molecular weight excluding hydrogens is 242 g/mol. The second kappa shape index (κ2) is 4.82. The van der Waals surface area contributed by atoms with Crippen molar-refractivity contribution in [2.75, 3.05) is 13.4 Å². The Morgan fingerprint density at radius 2 is 1.07 bits per heavy atom. The zero-order valence-electron chi connectivity index (χ0n) is 6.90. The highest BCUT2D eigenvalue weighted by atomic mass is 32.2. The largest absolute Gasteiger partial charge is 0.487 e. The first-order valence-electron chi connectivity index (χ1n) is 2.70. The van der Waals surface area contributed by atoms with Crippen molar-refractivity contribution in [2.45, 2.75) is 12.4 Å². The van der Waals surface area contributed by atoms with Crippen LogP contribution >= 0.6 is 0 Å². The van der Waals surface area contributed by atoms with Crippen LogP contribution in [0, 0.1) is 0 Å². The van der Waals surface area contributed by atoms with E-state index < -0.39 is 22.5 Å². The molecule has 0 amide bonds. The van der Waals surface area contributed by atoms with Gasteiger partial charge in [-0.3, -0.25) is 4.18 Å². The predicted octanol–water partition coefficient (Wildman–Crippen LogP) is 1.70. The van der Waals surface area contributed by atoms with Gasteiger partial charge in [0.15, 0.2) is 0 Å². The molecule has 0 bridgehead atoms. The van der Waals surface area contributed by atoms with Gasteiger partial charge >= 0.3 is 12.4 Å². The Hall–Kier alpha value is -0.510. The van der Waals surface area contributed by atoms with Gasteiger partial charge in [-0.2, -0.15) is 34.8 Å². The molecule has 0 N–H and O–H groups in total. The third-order valence-corrected chi connectivity index (χ3v) is 1.23. The lowest BCUT2D eigenvalue weighted by Gasteiger charge is -2.08. The van der Waals surface area contributed by atoms with Crippen molar-refractivity contribution in [3.05, 3.63) is 0 Å². The molecule has 0 aliphatic heterocycles. The van der Waals surface area contributed by atoms with Gasteiger partial charge in [-0.25, -0.2) is 0 Å². The number of alkyl halides is 6. The van der Waals surface area contributed by atoms with E-state index in [0.717, 1.165) is 13.4 Å². The minimum absolute atomic E-state index is 0.993. The average molecular weight is 248 g/mol. The Balaban J connectivity index is 0. The van der Waals surface area contributed by atoms with E-state index in [1.807, 2.05) is 0 Å². The SMILES string of the molecule is COS(C)(=O)=O.FC(F)(F)C(F)(F)F. The molecule has 0 aliphatic carbocycles. The van der Waals surface area contributed by atoms with Crippen molar-refractivity contribution in [3.63, 3.8) is 0 Å². The summed E-state index contributed by atoms with van der Waals surface area (Å²) in [4.78, 5) is 0. The van der Waals surface area contributed by atoms with Gasteiger partial charge in [0.25, 0.3) is 10.1 Å². The predicted molar refractivity (Wildman–Crippen MR) is 34.0 cm³/mol. The van der Waals surface area contributed by atoms with Gasteiger partial charge in [-0.1, -0.05) is 0 Å². The van der Waals surface area contributed by atoms with Crippen LogP contribution < -0.4 is 0 Å². The average Bonchev–Trinajstić information content (AvgIpc) is 1.82. The van der Waals surface area contributed by atoms with E-state index in [2.05, 4.69) is 4.18 Å². The Morgan fingerprint density at radius 3 is 1.07 bits per heavy atom. The van der Waals surface area contributed by atoms with Gasteiger partial charge in [-0.05, 0) is 0 Å². The Morgan fingerprint density at radius 1 is 0.929 bits per heavy atom. The van der Waals surface area contributed by atoms with Gasteiger partial charge in [-0.15, -0.1) is 0 Å². The summed E-state index contributed by atoms with van der Waals surface area (Å²) in [6, 6.07) is 0. The van der Waals surface area contributed by atoms with Crippen LogP contribution in [0.25, 0.3) is 0 Å². The van der Waals surface area contributed by atoms with Crippen molar-refractivity contribution in [1.29, 1.82) is 0 Å². The van der Waals surface area contributed by atoms with Crippen molar-refractivity contribution >= 4 is 10.1 Å². The molecular formula is C4H6F6O3S. The monoisotopic (exact) mass is 248 g/mol. The third-order valence-electron chi connectivity index (χ3n) is 0.624. The first-order valence-corrected chi connectivity index (χ1v) is 4.52. The summed E-state index contributed by atoms with van der Waals surface area (Å²) in [5, 5.41) is 0. The second-order valence-electron chi connectivity index (χ2n) is 1.87. The molecule has 10 heteroatoms. The molecule has 0 aliphatic rings. The van der Waals surface area contributed by atoms with E-state index in [-0.39, 0.29) is 0 Å². The van der Waals surface area contributed by atoms with Gasteiger partial charge < -0.3 is 0 Å². The van der Waals surface area contributed by atoms with Crippen LogP contribution in [-0.2, 0) is 14.3 Å². The van der Waals surface area contributed by atoms with Gasteiger partial charge in [0, 0.05) is 0 Å². The molecule has 0 atom stereocenters. The topological polar surface area (TPSA) is 43.4 Å². The molecule has 3 nitrogen and oxygen atoms in total. The van der Waals surface area contributed by atoms with Crippen LogP contribution in [-0.4, -0.2) is 34.1 Å². The smallest absolute Gasteiger partial charge is 0.274 e. The van der Waals surface area contributed by atoms with E-state index in [9.17, 15) is 34.8 Å². The van der Waals surface area contributed by atoms with E-state index >= 15 is 0 Å². The lowest BCUT2D eigenvalue weighted by molar-refractivity contribution is -0.339. The highest BCUT2D eigenvalue weighted by molar-refractivity contribution is 7.85. The highest BCUT2D eigenvalue weighted by Gasteiger charge is 2.58. The molecule has 0 saturated heterocycles. The zero-order valence-corrected chi connectivity index (χ0v) is 7.72. The summed E-state index contributed by atoms with van der Waals surface area (Å²) in [7, 11) is -2.04. The minimum Gasteiger partial charge on any atom is -0.274 e. The highest BCUT2D eigenvalue weighted by Crippen LogP contribution is 2.35. The van der Waals surface area contributed by atoms with Crippen LogP contribution in [0.1, 0.15) is 0 Å². The van der Waals surface area contributed by atoms with Crippen molar-refractivity contribution in [3.8, 4) is 0 Å². The van der Waals surface area contributed by atoms with Crippen molar-refractivity contribution in [2.24, 2.45) is 0 Å². The van der Waals surface area contributed by atoms with Gasteiger partial charge in [0.1, 0.15) is 0 Å². The molecule has 0 fully saturated rings. The second-order valence-corrected chi connectivity index (χ2v) is 3.61. The van der Waals surface area contributed by atoms with Crippen molar-refractivity contribution < 1.29 is 38.9 Å². The maximum atomic E-state index is 10.4. The van der Waals surface area contributed by atoms with Crippen LogP contribution in [0.15, 0.2) is 0 Å². The number of hydrogen-bond donors (Lipinski definition) is 0. The molecule has 0 radical (unpaired) electrons. The molecule has 88 valence electrons. The fraction of sp³-hybridized carbons (Fsp3) is 1.00. The molecule has 0 saturated carbocycles. The van der Waals surface area contributed by atoms with Gasteiger partial charge in [0.05, 0.1) is 13.4 Å². The maximum absolute atomic E-state index is 10.4. The maximum Gasteiger partial charge on any atom is 0.487 e. The van der Waals surface area contributed by atoms with Crippen molar-refractivity contribution in [1.82, 2.24) is 0 Å². The number of rotatable bonds is 1. The van der Waals surface area contributed by atoms with Gasteiger partial charge in [0.2, 0.25) is 0 Å². The first kappa shape index (κ1) is 15.9. The van der Waals surface area contributed by atoms with E-state index in [0.29, 0.717) is 0 Å². The summed E-state index contributed by atoms with van der Waals surface area (Å²) in [5.74, 6) is 0. The van der Waals surface area contributed by atoms with E-state index in [1.165, 1.54) is 0 Å². The van der Waals surface area contributed by atoms with E-state index in [1.54, 1.807) is 0 Å². The quantitative estimate of drug-likeness (QED) is 0.524. The first-order chi connectivity index (χ1) is 5.81. The lowest BCUT2D eigenvalue weighted by Crippen LogP contribution is -2.30. The summed E-state index contributed by atoms with van der Waals surface area (Å²) in [6.07, 6.45) is -11.1. The summed E-state index contributed by atoms with van der Waals surface area (Å²) >= 11 is 0. The number of hydrogen-bond acceptors (Lipinski definition) is 3. The zero-order chi connectivity index (χ0) is 12.2. The summed E-state index contributed by atoms with van der Waals surface area (Å²) < 4.78 is 86.1. The normalized spacial score (nSPS) is 13.1. The summed E-state index contributed by atoms with van der Waals surface area (Å²) in [5.41, 5.74) is 0. The molecule has 0 aromatic rings. The number of halogens is 6. The van der Waals surface area contributed by atoms with Crippen LogP contribution in [0.4, 0.5) is 26.3 Å². The Kier molecular flexibility index (Phi) is 5.49. The molecule has 0 unspecified atom stereocenters. The molecule has 0 rings (SSSR count). The van der Waals surface area contributed by atoms with Crippen LogP contribution in [0.5, 0.6) is 0 Å². The molecule has 0 spiro atoms. The lowest BCUT2D eigenvalue weighted by atomic mass is 10.7. The van der Waals surface area contributed by atoms with Crippen LogP contribution in [0.2, 0.25) is 0 Å². The minimum atomic E-state index is -6.06. The fourth-order valence-electron chi connectivity index (χ4n) is 0. The van der Waals surface area contributed by atoms with E-state index in [4.69, 9.17) is 0 Å². The van der Waals surface area contributed by atoms with Crippen LogP contribution in [0.3, 0.4) is 0 Å².